The fraction of sp³-hybridized carbons (Fsp3) is 0.333. The van der Waals surface area contributed by atoms with Gasteiger partial charge in [0.1, 0.15) is 11.4 Å². The Kier molecular flexibility index (Phi) is 4.47. The van der Waals surface area contributed by atoms with Crippen molar-refractivity contribution in [2.24, 2.45) is 0 Å². The van der Waals surface area contributed by atoms with Gasteiger partial charge in [-0.05, 0) is 50.4 Å². The van der Waals surface area contributed by atoms with Gasteiger partial charge >= 0.3 is 0 Å². The van der Waals surface area contributed by atoms with Crippen molar-refractivity contribution in [3.63, 3.8) is 0 Å². The zero-order chi connectivity index (χ0) is 18.1. The van der Waals surface area contributed by atoms with Gasteiger partial charge in [0.2, 0.25) is 0 Å². The van der Waals surface area contributed by atoms with E-state index in [1.165, 1.54) is 0 Å². The molecule has 0 amide bonds. The number of phenolic OH excluding ortho intramolecular Hbond substituents is 1. The summed E-state index contributed by atoms with van der Waals surface area (Å²) in [6.07, 6.45) is 2.29. The van der Waals surface area contributed by atoms with E-state index in [4.69, 9.17) is 0 Å². The molecule has 3 N–H and O–H groups in total. The molecule has 1 saturated heterocycles. The smallest absolute Gasteiger partial charge is 0.156 e. The maximum absolute atomic E-state index is 10.5. The van der Waals surface area contributed by atoms with E-state index in [-0.39, 0.29) is 5.75 Å². The summed E-state index contributed by atoms with van der Waals surface area (Å²) >= 11 is 0. The highest BCUT2D eigenvalue weighted by atomic mass is 16.3. The molecule has 1 aliphatic heterocycles. The van der Waals surface area contributed by atoms with E-state index < -0.39 is 0 Å². The van der Waals surface area contributed by atoms with Gasteiger partial charge in [-0.15, -0.1) is 10.2 Å². The zero-order valence-electron chi connectivity index (χ0n) is 15.2. The fourth-order valence-electron chi connectivity index (χ4n) is 3.82. The van der Waals surface area contributed by atoms with Crippen LogP contribution in [-0.2, 0) is 0 Å². The monoisotopic (exact) mass is 348 g/mol. The lowest BCUT2D eigenvalue weighted by Crippen LogP contribution is -2.38. The number of rotatable bonds is 3. The number of hydrogen-bond acceptors (Lipinski definition) is 5. The Balaban J connectivity index is 1.82. The second-order valence-electron chi connectivity index (χ2n) is 7.11. The summed E-state index contributed by atoms with van der Waals surface area (Å²) in [5, 5.41) is 28.5. The molecule has 5 nitrogen and oxygen atoms in total. The SMILES string of the molecule is Cc1cc(C)c(-c2nnc(NC3CCCNC3)c3ccccc23)c(O)c1. The van der Waals surface area contributed by atoms with Gasteiger partial charge in [0.25, 0.3) is 0 Å². The second kappa shape index (κ2) is 6.92. The third-order valence-corrected chi connectivity index (χ3v) is 5.02. The molecule has 2 heterocycles. The predicted molar refractivity (Wildman–Crippen MR) is 106 cm³/mol. The molecule has 1 atom stereocenters. The molecule has 1 fully saturated rings. The molecular weight excluding hydrogens is 324 g/mol. The Hall–Kier alpha value is -2.66. The molecule has 5 heteroatoms. The molecule has 0 saturated carbocycles. The summed E-state index contributed by atoms with van der Waals surface area (Å²) in [6.45, 7) is 6.00. The largest absolute Gasteiger partial charge is 0.507 e. The van der Waals surface area contributed by atoms with Gasteiger partial charge in [-0.3, -0.25) is 0 Å². The zero-order valence-corrected chi connectivity index (χ0v) is 15.2. The van der Waals surface area contributed by atoms with Crippen LogP contribution in [0.5, 0.6) is 5.75 Å². The quantitative estimate of drug-likeness (QED) is 0.672. The minimum atomic E-state index is 0.249. The Bertz CT molecular complexity index is 925. The highest BCUT2D eigenvalue weighted by Gasteiger charge is 2.19. The molecule has 134 valence electrons. The van der Waals surface area contributed by atoms with E-state index in [9.17, 15) is 5.11 Å². The summed E-state index contributed by atoms with van der Waals surface area (Å²) in [4.78, 5) is 0. The van der Waals surface area contributed by atoms with E-state index in [2.05, 4.69) is 33.0 Å². The van der Waals surface area contributed by atoms with Crippen LogP contribution in [0.3, 0.4) is 0 Å². The van der Waals surface area contributed by atoms with E-state index in [1.54, 1.807) is 6.07 Å². The summed E-state index contributed by atoms with van der Waals surface area (Å²) < 4.78 is 0. The van der Waals surface area contributed by atoms with Crippen molar-refractivity contribution in [2.75, 3.05) is 18.4 Å². The molecule has 1 aromatic heterocycles. The number of hydrogen-bond donors (Lipinski definition) is 3. The van der Waals surface area contributed by atoms with E-state index >= 15 is 0 Å². The minimum absolute atomic E-state index is 0.249. The van der Waals surface area contributed by atoms with Crippen LogP contribution in [0.25, 0.3) is 22.0 Å². The van der Waals surface area contributed by atoms with Crippen molar-refractivity contribution < 1.29 is 5.11 Å². The van der Waals surface area contributed by atoms with Gasteiger partial charge < -0.3 is 15.7 Å². The molecule has 2 aromatic carbocycles. The van der Waals surface area contributed by atoms with Gasteiger partial charge in [0.05, 0.1) is 0 Å². The molecule has 0 spiro atoms. The van der Waals surface area contributed by atoms with Crippen molar-refractivity contribution in [1.29, 1.82) is 0 Å². The van der Waals surface area contributed by atoms with Crippen LogP contribution in [0.4, 0.5) is 5.82 Å². The number of aromatic nitrogens is 2. The van der Waals surface area contributed by atoms with Crippen LogP contribution in [0.2, 0.25) is 0 Å². The van der Waals surface area contributed by atoms with Crippen LogP contribution < -0.4 is 10.6 Å². The van der Waals surface area contributed by atoms with Crippen molar-refractivity contribution in [2.45, 2.75) is 32.7 Å². The third-order valence-electron chi connectivity index (χ3n) is 5.02. The number of fused-ring (bicyclic) bond motifs is 1. The first-order chi connectivity index (χ1) is 12.6. The number of anilines is 1. The van der Waals surface area contributed by atoms with E-state index in [1.807, 2.05) is 32.0 Å². The summed E-state index contributed by atoms with van der Waals surface area (Å²) in [5.74, 6) is 1.06. The maximum Gasteiger partial charge on any atom is 0.156 e. The van der Waals surface area contributed by atoms with Crippen LogP contribution in [0, 0.1) is 13.8 Å². The van der Waals surface area contributed by atoms with Crippen LogP contribution >= 0.6 is 0 Å². The van der Waals surface area contributed by atoms with E-state index in [0.717, 1.165) is 64.9 Å². The van der Waals surface area contributed by atoms with Crippen LogP contribution in [0.15, 0.2) is 36.4 Å². The number of piperidine rings is 1. The van der Waals surface area contributed by atoms with Crippen molar-refractivity contribution in [3.05, 3.63) is 47.5 Å². The standard InChI is InChI=1S/C21H24N4O/c1-13-10-14(2)19(18(26)11-13)20-16-7-3-4-8-17(16)21(25-24-20)23-15-6-5-9-22-12-15/h3-4,7-8,10-11,15,22,26H,5-6,9,12H2,1-2H3,(H,23,25). The minimum Gasteiger partial charge on any atom is -0.507 e. The van der Waals surface area contributed by atoms with Crippen LogP contribution in [-0.4, -0.2) is 34.4 Å². The number of nitrogens with one attached hydrogen (secondary N) is 2. The molecule has 4 rings (SSSR count). The highest BCUT2D eigenvalue weighted by Crippen LogP contribution is 2.37. The fourth-order valence-corrected chi connectivity index (χ4v) is 3.82. The lowest BCUT2D eigenvalue weighted by molar-refractivity contribution is 0.476. The lowest BCUT2D eigenvalue weighted by Gasteiger charge is -2.25. The Morgan fingerprint density at radius 2 is 1.92 bits per heavy atom. The summed E-state index contributed by atoms with van der Waals surface area (Å²) in [7, 11) is 0. The molecule has 0 aliphatic carbocycles. The molecule has 1 unspecified atom stereocenters. The molecule has 3 aromatic rings. The lowest BCUT2D eigenvalue weighted by atomic mass is 9.98. The normalized spacial score (nSPS) is 17.4. The average molecular weight is 348 g/mol. The molecule has 0 bridgehead atoms. The van der Waals surface area contributed by atoms with Crippen LogP contribution in [0.1, 0.15) is 24.0 Å². The number of phenols is 1. The number of nitrogens with zero attached hydrogens (tertiary/aromatic N) is 2. The first-order valence-corrected chi connectivity index (χ1v) is 9.17. The number of aryl methyl sites for hydroxylation is 2. The average Bonchev–Trinajstić information content (AvgIpc) is 2.63. The van der Waals surface area contributed by atoms with Gasteiger partial charge in [-0.25, -0.2) is 0 Å². The van der Waals surface area contributed by atoms with E-state index in [0.29, 0.717) is 6.04 Å². The van der Waals surface area contributed by atoms with Crippen molar-refractivity contribution in [3.8, 4) is 17.0 Å². The number of aromatic hydroxyl groups is 1. The summed E-state index contributed by atoms with van der Waals surface area (Å²) in [5.41, 5.74) is 3.51. The topological polar surface area (TPSA) is 70.1 Å². The first kappa shape index (κ1) is 16.8. The number of benzene rings is 2. The molecule has 0 radical (unpaired) electrons. The predicted octanol–water partition coefficient (Wildman–Crippen LogP) is 3.78. The summed E-state index contributed by atoms with van der Waals surface area (Å²) in [6, 6.07) is 12.3. The maximum atomic E-state index is 10.5. The Morgan fingerprint density at radius 3 is 2.65 bits per heavy atom. The molecular formula is C21H24N4O. The van der Waals surface area contributed by atoms with Gasteiger partial charge in [0, 0.05) is 28.9 Å². The van der Waals surface area contributed by atoms with Gasteiger partial charge in [-0.1, -0.05) is 30.3 Å². The Labute approximate surface area is 153 Å². The van der Waals surface area contributed by atoms with Crippen molar-refractivity contribution >= 4 is 16.6 Å². The Morgan fingerprint density at radius 1 is 1.12 bits per heavy atom. The molecule has 26 heavy (non-hydrogen) atoms. The first-order valence-electron chi connectivity index (χ1n) is 9.17. The second-order valence-corrected chi connectivity index (χ2v) is 7.11. The van der Waals surface area contributed by atoms with Gasteiger partial charge in [-0.2, -0.15) is 0 Å². The highest BCUT2D eigenvalue weighted by molar-refractivity contribution is 6.01. The van der Waals surface area contributed by atoms with Crippen molar-refractivity contribution in [1.82, 2.24) is 15.5 Å². The van der Waals surface area contributed by atoms with Gasteiger partial charge in [0.15, 0.2) is 5.82 Å². The third kappa shape index (κ3) is 3.10. The molecule has 1 aliphatic rings.